The van der Waals surface area contributed by atoms with E-state index in [-0.39, 0.29) is 29.1 Å². The van der Waals surface area contributed by atoms with Gasteiger partial charge in [-0.2, -0.15) is 10.2 Å². The summed E-state index contributed by atoms with van der Waals surface area (Å²) in [5, 5.41) is 16.3. The summed E-state index contributed by atoms with van der Waals surface area (Å²) in [5.41, 5.74) is 8.05. The van der Waals surface area contributed by atoms with E-state index in [4.69, 9.17) is 4.42 Å². The van der Waals surface area contributed by atoms with Crippen molar-refractivity contribution >= 4 is 28.3 Å². The molecule has 4 aromatic heterocycles. The lowest BCUT2D eigenvalue weighted by Gasteiger charge is -2.31. The number of benzene rings is 3. The van der Waals surface area contributed by atoms with Crippen LogP contribution in [0.1, 0.15) is 159 Å². The van der Waals surface area contributed by atoms with Gasteiger partial charge in [-0.3, -0.25) is 23.9 Å². The summed E-state index contributed by atoms with van der Waals surface area (Å²) < 4.78 is 37.8. The van der Waals surface area contributed by atoms with Crippen molar-refractivity contribution in [2.75, 3.05) is 25.5 Å². The predicted octanol–water partition coefficient (Wildman–Crippen LogP) is 13.5. The second-order valence-corrected chi connectivity index (χ2v) is 21.5. The van der Waals surface area contributed by atoms with Gasteiger partial charge in [0.05, 0.1) is 23.4 Å². The Bertz CT molecular complexity index is 2950. The van der Waals surface area contributed by atoms with Crippen LogP contribution < -0.4 is 10.6 Å². The molecule has 0 spiro atoms. The topological polar surface area (TPSA) is 136 Å². The lowest BCUT2D eigenvalue weighted by molar-refractivity contribution is 0.0977. The summed E-state index contributed by atoms with van der Waals surface area (Å²) in [6.45, 7) is 4.59. The zero-order valence-corrected chi connectivity index (χ0v) is 42.9. The minimum absolute atomic E-state index is 0.00560. The van der Waals surface area contributed by atoms with Gasteiger partial charge in [-0.05, 0) is 142 Å². The highest BCUT2D eigenvalue weighted by atomic mass is 19.3. The number of hydrogen-bond acceptors (Lipinski definition) is 9. The molecule has 1 amide bonds. The number of anilines is 1. The van der Waals surface area contributed by atoms with Gasteiger partial charge in [-0.15, -0.1) is 0 Å². The molecule has 0 saturated heterocycles. The quantitative estimate of drug-likeness (QED) is 0.0381. The van der Waals surface area contributed by atoms with Gasteiger partial charge in [0.2, 0.25) is 5.89 Å². The molecule has 12 nitrogen and oxygen atoms in total. The van der Waals surface area contributed by atoms with Crippen molar-refractivity contribution in [3.8, 4) is 22.6 Å². The molecule has 3 aromatic carbocycles. The molecule has 3 aliphatic carbocycles. The van der Waals surface area contributed by atoms with Crippen LogP contribution in [0.3, 0.4) is 0 Å². The number of ketones is 1. The van der Waals surface area contributed by atoms with Gasteiger partial charge in [-0.1, -0.05) is 93.1 Å². The Morgan fingerprint density at radius 1 is 0.784 bits per heavy atom. The van der Waals surface area contributed by atoms with Crippen LogP contribution in [0.2, 0.25) is 0 Å². The fourth-order valence-corrected chi connectivity index (χ4v) is 10.6. The fourth-order valence-electron chi connectivity index (χ4n) is 10.6. The first-order chi connectivity index (χ1) is 36.2. The summed E-state index contributed by atoms with van der Waals surface area (Å²) in [6, 6.07) is 27.2. The third-order valence-corrected chi connectivity index (χ3v) is 15.5. The number of rotatable bonds is 27. The monoisotopic (exact) mass is 1000 g/mol. The van der Waals surface area contributed by atoms with Gasteiger partial charge >= 0.3 is 0 Å². The SMILES string of the molecule is CN(CCCCCCCCC(=O)c1ccc(CNCc2ccc(-c3ccc4c(cnn4CC4CC4)c3)cc2)cc1)CC1CCC(n2cc(NC(=O)c3coc(-c4ccnc(CCC5CC5)c4)n3)c(C(F)F)n2)CC1. The van der Waals surface area contributed by atoms with E-state index in [1.807, 2.05) is 24.4 Å². The molecule has 10 rings (SSSR count). The number of nitrogens with zero attached hydrogens (tertiary/aromatic N) is 7. The number of carbonyl (C=O) groups is 2. The van der Waals surface area contributed by atoms with E-state index in [0.29, 0.717) is 12.3 Å². The van der Waals surface area contributed by atoms with E-state index in [1.165, 1.54) is 78.6 Å². The van der Waals surface area contributed by atoms with Gasteiger partial charge in [0.25, 0.3) is 12.3 Å². The Hall–Kier alpha value is -6.38. The van der Waals surface area contributed by atoms with E-state index >= 15 is 0 Å². The average molecular weight is 1000 g/mol. The molecule has 0 bridgehead atoms. The first-order valence-corrected chi connectivity index (χ1v) is 27.3. The fraction of sp³-hybridized carbons (Fsp3) is 0.467. The van der Waals surface area contributed by atoms with Crippen molar-refractivity contribution in [1.82, 2.24) is 39.7 Å². The van der Waals surface area contributed by atoms with E-state index in [2.05, 4.69) is 102 Å². The molecule has 4 heterocycles. The number of oxazole rings is 1. The maximum Gasteiger partial charge on any atom is 0.284 e. The van der Waals surface area contributed by atoms with Gasteiger partial charge in [0.15, 0.2) is 17.2 Å². The number of nitrogens with one attached hydrogen (secondary N) is 2. The molecule has 2 N–H and O–H groups in total. The van der Waals surface area contributed by atoms with Gasteiger partial charge < -0.3 is 20.0 Å². The molecule has 7 aromatic rings. The second-order valence-electron chi connectivity index (χ2n) is 21.5. The van der Waals surface area contributed by atoms with Crippen LogP contribution in [-0.4, -0.2) is 66.3 Å². The van der Waals surface area contributed by atoms with Crippen molar-refractivity contribution in [2.45, 2.75) is 141 Å². The van der Waals surface area contributed by atoms with Crippen molar-refractivity contribution in [3.05, 3.63) is 137 Å². The molecular weight excluding hydrogens is 933 g/mol. The van der Waals surface area contributed by atoms with Crippen molar-refractivity contribution < 1.29 is 22.8 Å². The Kier molecular flexibility index (Phi) is 16.8. The predicted molar refractivity (Wildman–Crippen MR) is 286 cm³/mol. The number of hydrogen-bond donors (Lipinski definition) is 2. The third kappa shape index (κ3) is 13.9. The highest BCUT2D eigenvalue weighted by Crippen LogP contribution is 2.37. The van der Waals surface area contributed by atoms with Crippen LogP contribution in [-0.2, 0) is 26.1 Å². The third-order valence-electron chi connectivity index (χ3n) is 15.5. The Labute approximate surface area is 433 Å². The van der Waals surface area contributed by atoms with E-state index in [1.54, 1.807) is 16.9 Å². The molecule has 3 fully saturated rings. The first kappa shape index (κ1) is 51.1. The first-order valence-electron chi connectivity index (χ1n) is 27.3. The molecule has 388 valence electrons. The number of Topliss-reactive ketones (excluding diaryl/α,β-unsaturated/α-hetero) is 1. The summed E-state index contributed by atoms with van der Waals surface area (Å²) >= 11 is 0. The van der Waals surface area contributed by atoms with Crippen LogP contribution in [0.5, 0.6) is 0 Å². The molecule has 0 atom stereocenters. The number of unbranched alkanes of at least 4 members (excludes halogenated alkanes) is 5. The maximum absolute atomic E-state index is 14.2. The average Bonchev–Trinajstić information content (AvgIpc) is 4.29. The van der Waals surface area contributed by atoms with Crippen LogP contribution in [0, 0.1) is 17.8 Å². The number of aromatic nitrogens is 6. The van der Waals surface area contributed by atoms with Crippen LogP contribution in [0.15, 0.2) is 108 Å². The standard InChI is InChI=1S/C60H71F2N9O3/c1-69(37-44-18-26-52(27-19-44)70-39-53(57(68-70)58(61)62)66-59(73)54-40-74-60(67-54)49-29-30-64-51(33-49)25-17-41-9-10-41)31-7-5-3-2-4-6-8-56(72)47-22-15-43(16-23-47)35-63-34-42-13-20-46(21-14-42)48-24-28-55-50(32-48)36-65-71(55)38-45-11-12-45/h13-16,20-24,28-30,32-33,36,39-41,44-45,52,58,63H,2-12,17-19,25-27,31,34-35,37-38H2,1H3,(H,66,73). The highest BCUT2D eigenvalue weighted by molar-refractivity contribution is 6.03. The molecule has 3 saturated carbocycles. The van der Waals surface area contributed by atoms with Crippen LogP contribution in [0.4, 0.5) is 14.5 Å². The number of pyridine rings is 1. The lowest BCUT2D eigenvalue weighted by atomic mass is 9.86. The molecule has 0 radical (unpaired) electrons. The highest BCUT2D eigenvalue weighted by Gasteiger charge is 2.29. The number of carbonyl (C=O) groups excluding carboxylic acids is 2. The molecule has 14 heteroatoms. The molecule has 3 aliphatic rings. The minimum Gasteiger partial charge on any atom is -0.444 e. The molecule has 74 heavy (non-hydrogen) atoms. The number of aryl methyl sites for hydroxylation is 1. The van der Waals surface area contributed by atoms with E-state index in [0.717, 1.165) is 131 Å². The Balaban J connectivity index is 0.569. The zero-order valence-electron chi connectivity index (χ0n) is 42.9. The normalized spacial score (nSPS) is 16.9. The zero-order chi connectivity index (χ0) is 50.8. The maximum atomic E-state index is 14.2. The van der Waals surface area contributed by atoms with Crippen molar-refractivity contribution in [2.24, 2.45) is 17.8 Å². The second kappa shape index (κ2) is 24.3. The summed E-state index contributed by atoms with van der Waals surface area (Å²) in [6.07, 6.45) is 21.7. The molecule has 0 unspecified atom stereocenters. The molecular formula is C60H71F2N9O3. The van der Waals surface area contributed by atoms with Crippen LogP contribution in [0.25, 0.3) is 33.5 Å². The number of amides is 1. The summed E-state index contributed by atoms with van der Waals surface area (Å²) in [5.74, 6) is 2.00. The lowest BCUT2D eigenvalue weighted by Crippen LogP contribution is -2.30. The van der Waals surface area contributed by atoms with Gasteiger partial charge in [0, 0.05) is 67.2 Å². The largest absolute Gasteiger partial charge is 0.444 e. The number of fused-ring (bicyclic) bond motifs is 1. The number of halogens is 2. The Morgan fingerprint density at radius 3 is 2.23 bits per heavy atom. The van der Waals surface area contributed by atoms with Gasteiger partial charge in [0.1, 0.15) is 6.26 Å². The summed E-state index contributed by atoms with van der Waals surface area (Å²) in [7, 11) is 2.19. The summed E-state index contributed by atoms with van der Waals surface area (Å²) in [4.78, 5) is 37.4. The van der Waals surface area contributed by atoms with Crippen molar-refractivity contribution in [1.29, 1.82) is 0 Å². The van der Waals surface area contributed by atoms with E-state index in [9.17, 15) is 18.4 Å². The molecule has 0 aliphatic heterocycles. The van der Waals surface area contributed by atoms with Crippen molar-refractivity contribution in [3.63, 3.8) is 0 Å². The smallest absolute Gasteiger partial charge is 0.284 e. The number of alkyl halides is 2. The minimum atomic E-state index is -2.84. The Morgan fingerprint density at radius 2 is 1.49 bits per heavy atom. The van der Waals surface area contributed by atoms with Gasteiger partial charge in [-0.25, -0.2) is 13.8 Å². The van der Waals surface area contributed by atoms with E-state index < -0.39 is 18.0 Å². The van der Waals surface area contributed by atoms with Crippen LogP contribution >= 0.6 is 0 Å².